The molecule has 4 aliphatic carbocycles. The van der Waals surface area contributed by atoms with Crippen molar-refractivity contribution in [3.8, 4) is 5.75 Å². The Morgan fingerprint density at radius 1 is 1.16 bits per heavy atom. The number of alkyl halides is 1. The average molecular weight is 428 g/mol. The van der Waals surface area contributed by atoms with Gasteiger partial charge < -0.3 is 5.11 Å². The highest BCUT2D eigenvalue weighted by atomic mass is 79.9. The third-order valence-electron chi connectivity index (χ3n) is 5.96. The van der Waals surface area contributed by atoms with E-state index in [1.165, 1.54) is 24.6 Å². The lowest BCUT2D eigenvalue weighted by Crippen LogP contribution is -2.60. The van der Waals surface area contributed by atoms with E-state index in [4.69, 9.17) is 11.6 Å². The fourth-order valence-corrected chi connectivity index (χ4v) is 7.04. The highest BCUT2D eigenvalue weighted by Gasteiger charge is 2.59. The van der Waals surface area contributed by atoms with E-state index in [9.17, 15) is 14.7 Å². The van der Waals surface area contributed by atoms with Crippen LogP contribution in [0.25, 0.3) is 0 Å². The molecule has 134 valence electrons. The maximum Gasteiger partial charge on any atom is 0.273 e. The number of hydrogen-bond donors (Lipinski definition) is 3. The molecule has 25 heavy (non-hydrogen) atoms. The first-order valence-corrected chi connectivity index (χ1v) is 9.74. The fourth-order valence-electron chi connectivity index (χ4n) is 5.42. The third-order valence-corrected chi connectivity index (χ3v) is 7.13. The first kappa shape index (κ1) is 17.2. The third kappa shape index (κ3) is 3.04. The number of carbonyl (C=O) groups excluding carboxylic acids is 2. The molecule has 4 bridgehead atoms. The van der Waals surface area contributed by atoms with E-state index in [1.54, 1.807) is 0 Å². The number of carbonyl (C=O) groups is 2. The molecule has 2 unspecified atom stereocenters. The SMILES string of the molecule is O=C(NNC(=O)C12CC3CC(CC(Br)(C3)C1)C2)c1cc(Cl)ccc1O. The minimum absolute atomic E-state index is 0.0373. The zero-order chi connectivity index (χ0) is 17.8. The molecule has 2 atom stereocenters. The van der Waals surface area contributed by atoms with E-state index in [0.717, 1.165) is 32.1 Å². The van der Waals surface area contributed by atoms with Gasteiger partial charge in [0.05, 0.1) is 11.0 Å². The number of benzene rings is 1. The number of aromatic hydroxyl groups is 1. The summed E-state index contributed by atoms with van der Waals surface area (Å²) in [5.74, 6) is 0.287. The minimum atomic E-state index is -0.577. The van der Waals surface area contributed by atoms with Crippen molar-refractivity contribution in [3.05, 3.63) is 28.8 Å². The van der Waals surface area contributed by atoms with Crippen LogP contribution in [0.3, 0.4) is 0 Å². The summed E-state index contributed by atoms with van der Waals surface area (Å²) in [6.07, 6.45) is 6.09. The molecular weight excluding hydrogens is 408 g/mol. The molecule has 0 aromatic heterocycles. The Labute approximate surface area is 159 Å². The molecule has 3 N–H and O–H groups in total. The van der Waals surface area contributed by atoms with Crippen molar-refractivity contribution >= 4 is 39.3 Å². The molecule has 4 fully saturated rings. The first-order valence-electron chi connectivity index (χ1n) is 8.57. The monoisotopic (exact) mass is 426 g/mol. The predicted molar refractivity (Wildman–Crippen MR) is 97.5 cm³/mol. The summed E-state index contributed by atoms with van der Waals surface area (Å²) >= 11 is 9.75. The number of rotatable bonds is 2. The standard InChI is InChI=1S/C18H20BrClN2O3/c19-18-7-10-3-11(8-18)6-17(5-10,9-18)16(25)22-21-15(24)13-4-12(20)1-2-14(13)23/h1-2,4,10-11,23H,3,5-9H2,(H,21,24)(H,22,25). The second kappa shape index (κ2) is 5.88. The molecule has 2 amide bonds. The van der Waals surface area contributed by atoms with Crippen molar-refractivity contribution < 1.29 is 14.7 Å². The Kier molecular flexibility index (Phi) is 4.03. The lowest BCUT2D eigenvalue weighted by molar-refractivity contribution is -0.144. The largest absolute Gasteiger partial charge is 0.507 e. The quantitative estimate of drug-likeness (QED) is 0.499. The van der Waals surface area contributed by atoms with Gasteiger partial charge in [0.25, 0.3) is 5.91 Å². The van der Waals surface area contributed by atoms with Gasteiger partial charge in [-0.1, -0.05) is 27.5 Å². The normalized spacial score (nSPS) is 35.4. The molecule has 0 saturated heterocycles. The van der Waals surface area contributed by atoms with Gasteiger partial charge in [0.15, 0.2) is 0 Å². The highest BCUT2D eigenvalue weighted by Crippen LogP contribution is 2.64. The molecular formula is C18H20BrClN2O3. The van der Waals surface area contributed by atoms with Crippen LogP contribution in [0.1, 0.15) is 48.9 Å². The lowest BCUT2D eigenvalue weighted by atomic mass is 9.49. The van der Waals surface area contributed by atoms with Crippen LogP contribution in [0, 0.1) is 17.3 Å². The zero-order valence-electron chi connectivity index (χ0n) is 13.6. The van der Waals surface area contributed by atoms with Gasteiger partial charge in [-0.3, -0.25) is 20.4 Å². The lowest BCUT2D eigenvalue weighted by Gasteiger charge is -2.59. The Hall–Kier alpha value is -1.27. The van der Waals surface area contributed by atoms with Crippen LogP contribution in [0.5, 0.6) is 5.75 Å². The van der Waals surface area contributed by atoms with Crippen molar-refractivity contribution in [2.45, 2.75) is 42.8 Å². The van der Waals surface area contributed by atoms with Gasteiger partial charge in [0.1, 0.15) is 5.75 Å². The molecule has 5 rings (SSSR count). The maximum absolute atomic E-state index is 12.9. The molecule has 0 heterocycles. The van der Waals surface area contributed by atoms with Gasteiger partial charge >= 0.3 is 0 Å². The van der Waals surface area contributed by atoms with Gasteiger partial charge in [-0.25, -0.2) is 0 Å². The van der Waals surface area contributed by atoms with Gasteiger partial charge in [-0.05, 0) is 68.6 Å². The highest BCUT2D eigenvalue weighted by molar-refractivity contribution is 9.10. The summed E-state index contributed by atoms with van der Waals surface area (Å²) in [5, 5.41) is 10.1. The number of halogens is 2. The summed E-state index contributed by atoms with van der Waals surface area (Å²) in [7, 11) is 0. The Morgan fingerprint density at radius 3 is 2.48 bits per heavy atom. The van der Waals surface area contributed by atoms with E-state index >= 15 is 0 Å². The smallest absolute Gasteiger partial charge is 0.273 e. The molecule has 7 heteroatoms. The Balaban J connectivity index is 1.46. The van der Waals surface area contributed by atoms with Crippen LogP contribution in [0.15, 0.2) is 18.2 Å². The van der Waals surface area contributed by atoms with E-state index < -0.39 is 11.3 Å². The number of phenols is 1. The molecule has 0 spiro atoms. The summed E-state index contributed by atoms with van der Waals surface area (Å²) in [6, 6.07) is 4.22. The van der Waals surface area contributed by atoms with Crippen LogP contribution in [-0.2, 0) is 4.79 Å². The summed E-state index contributed by atoms with van der Waals surface area (Å²) in [4.78, 5) is 25.1. The van der Waals surface area contributed by atoms with Crippen LogP contribution in [0.4, 0.5) is 0 Å². The number of amides is 2. The van der Waals surface area contributed by atoms with E-state index in [2.05, 4.69) is 26.8 Å². The van der Waals surface area contributed by atoms with Gasteiger partial charge in [-0.15, -0.1) is 0 Å². The molecule has 4 saturated carbocycles. The number of hydrogen-bond acceptors (Lipinski definition) is 3. The topological polar surface area (TPSA) is 78.4 Å². The van der Waals surface area contributed by atoms with Crippen molar-refractivity contribution in [2.75, 3.05) is 0 Å². The van der Waals surface area contributed by atoms with Crippen molar-refractivity contribution in [2.24, 2.45) is 17.3 Å². The fraction of sp³-hybridized carbons (Fsp3) is 0.556. The van der Waals surface area contributed by atoms with Crippen LogP contribution < -0.4 is 10.9 Å². The molecule has 4 aliphatic rings. The van der Waals surface area contributed by atoms with Gasteiger partial charge in [-0.2, -0.15) is 0 Å². The predicted octanol–water partition coefficient (Wildman–Crippen LogP) is 3.54. The summed E-state index contributed by atoms with van der Waals surface area (Å²) in [6.45, 7) is 0. The van der Waals surface area contributed by atoms with E-state index in [0.29, 0.717) is 16.9 Å². The number of phenolic OH excluding ortho intramolecular Hbond substituents is 1. The molecule has 5 nitrogen and oxygen atoms in total. The van der Waals surface area contributed by atoms with E-state index in [1.807, 2.05) is 0 Å². The minimum Gasteiger partial charge on any atom is -0.507 e. The molecule has 1 aromatic rings. The van der Waals surface area contributed by atoms with E-state index in [-0.39, 0.29) is 21.5 Å². The average Bonchev–Trinajstić information content (AvgIpc) is 2.52. The summed E-state index contributed by atoms with van der Waals surface area (Å²) < 4.78 is 0.0731. The van der Waals surface area contributed by atoms with Crippen molar-refractivity contribution in [1.29, 1.82) is 0 Å². The molecule has 0 radical (unpaired) electrons. The first-order chi connectivity index (χ1) is 11.8. The maximum atomic E-state index is 12.9. The van der Waals surface area contributed by atoms with Crippen LogP contribution >= 0.6 is 27.5 Å². The molecule has 0 aliphatic heterocycles. The molecule has 1 aromatic carbocycles. The number of hydrazine groups is 1. The number of nitrogens with one attached hydrogen (secondary N) is 2. The second-order valence-electron chi connectivity index (χ2n) is 7.96. The second-order valence-corrected chi connectivity index (χ2v) is 10.1. The Bertz CT molecular complexity index is 740. The van der Waals surface area contributed by atoms with Crippen LogP contribution in [0.2, 0.25) is 5.02 Å². The van der Waals surface area contributed by atoms with Gasteiger partial charge in [0.2, 0.25) is 5.91 Å². The Morgan fingerprint density at radius 2 is 1.84 bits per heavy atom. The van der Waals surface area contributed by atoms with Crippen LogP contribution in [-0.4, -0.2) is 21.2 Å². The van der Waals surface area contributed by atoms with Crippen molar-refractivity contribution in [3.63, 3.8) is 0 Å². The summed E-state index contributed by atoms with van der Waals surface area (Å²) in [5.41, 5.74) is 4.65. The van der Waals surface area contributed by atoms with Crippen molar-refractivity contribution in [1.82, 2.24) is 10.9 Å². The zero-order valence-corrected chi connectivity index (χ0v) is 16.0. The van der Waals surface area contributed by atoms with Gasteiger partial charge in [0, 0.05) is 9.35 Å².